The van der Waals surface area contributed by atoms with E-state index in [-0.39, 0.29) is 23.3 Å². The van der Waals surface area contributed by atoms with E-state index in [9.17, 15) is 16.8 Å². The number of rotatable bonds is 7. The maximum atomic E-state index is 11.7. The van der Waals surface area contributed by atoms with Crippen LogP contribution in [-0.2, 0) is 20.0 Å². The molecule has 8 nitrogen and oxygen atoms in total. The number of hydrogen-bond acceptors (Lipinski definition) is 6. The molecule has 0 aliphatic rings. The van der Waals surface area contributed by atoms with Crippen molar-refractivity contribution in [1.29, 1.82) is 0 Å². The van der Waals surface area contributed by atoms with Gasteiger partial charge in [0.2, 0.25) is 25.3 Å². The van der Waals surface area contributed by atoms with Crippen LogP contribution in [0.5, 0.6) is 0 Å². The monoisotopic (exact) mass is 328 g/mol. The van der Waals surface area contributed by atoms with Crippen LogP contribution in [0, 0.1) is 0 Å². The summed E-state index contributed by atoms with van der Waals surface area (Å²) in [6.45, 7) is 0.242. The molecule has 11 heteroatoms. The molecule has 2 N–H and O–H groups in total. The second-order valence-electron chi connectivity index (χ2n) is 3.61. The molecule has 0 radical (unpaired) electrons. The van der Waals surface area contributed by atoms with E-state index in [2.05, 4.69) is 19.4 Å². The van der Waals surface area contributed by atoms with Gasteiger partial charge in [0.25, 0.3) is 0 Å². The van der Waals surface area contributed by atoms with Crippen molar-refractivity contribution in [3.63, 3.8) is 0 Å². The summed E-state index contributed by atoms with van der Waals surface area (Å²) in [5.41, 5.74) is 0. The second-order valence-corrected chi connectivity index (χ2v) is 7.54. The van der Waals surface area contributed by atoms with Crippen molar-refractivity contribution >= 4 is 31.6 Å². The minimum Gasteiger partial charge on any atom is -0.225 e. The fourth-order valence-corrected chi connectivity index (χ4v) is 2.65. The summed E-state index contributed by atoms with van der Waals surface area (Å²) in [7, 11) is -6.96. The minimum atomic E-state index is -3.70. The third-order valence-corrected chi connectivity index (χ3v) is 4.26. The number of nitrogens with one attached hydrogen (secondary N) is 2. The number of nitrogens with zero attached hydrogens (tertiary/aromatic N) is 2. The van der Waals surface area contributed by atoms with Crippen molar-refractivity contribution in [2.24, 2.45) is 0 Å². The van der Waals surface area contributed by atoms with Crippen LogP contribution in [0.4, 0.5) is 0 Å². The Morgan fingerprint density at radius 2 is 1.63 bits per heavy atom. The van der Waals surface area contributed by atoms with E-state index in [1.807, 2.05) is 0 Å². The fourth-order valence-electron chi connectivity index (χ4n) is 1.08. The molecular formula is C8H13ClN4O4S2. The molecule has 0 fully saturated rings. The normalized spacial score (nSPS) is 12.5. The van der Waals surface area contributed by atoms with E-state index >= 15 is 0 Å². The lowest BCUT2D eigenvalue weighted by Crippen LogP contribution is -2.29. The smallest absolute Gasteiger partial charge is 0.225 e. The maximum absolute atomic E-state index is 11.7. The maximum Gasteiger partial charge on any atom is 0.243 e. The van der Waals surface area contributed by atoms with Gasteiger partial charge in [0.15, 0.2) is 0 Å². The zero-order chi connectivity index (χ0) is 14.5. The number of halogens is 1. The van der Waals surface area contributed by atoms with Crippen molar-refractivity contribution in [2.75, 3.05) is 19.3 Å². The highest BCUT2D eigenvalue weighted by atomic mass is 35.5. The zero-order valence-corrected chi connectivity index (χ0v) is 12.4. The molecule has 0 saturated heterocycles. The van der Waals surface area contributed by atoms with Gasteiger partial charge in [-0.15, -0.1) is 0 Å². The van der Waals surface area contributed by atoms with E-state index < -0.39 is 20.0 Å². The quantitative estimate of drug-likeness (QED) is 0.507. The average Bonchev–Trinajstić information content (AvgIpc) is 2.27. The third-order valence-electron chi connectivity index (χ3n) is 1.92. The van der Waals surface area contributed by atoms with Gasteiger partial charge < -0.3 is 0 Å². The van der Waals surface area contributed by atoms with E-state index in [4.69, 9.17) is 11.6 Å². The lowest BCUT2D eigenvalue weighted by molar-refractivity contribution is 0.574. The molecule has 1 aromatic rings. The van der Waals surface area contributed by atoms with Gasteiger partial charge in [0, 0.05) is 13.1 Å². The molecule has 0 atom stereocenters. The molecule has 0 saturated carbocycles. The molecular weight excluding hydrogens is 316 g/mol. The van der Waals surface area contributed by atoms with Gasteiger partial charge in [-0.05, 0) is 18.0 Å². The van der Waals surface area contributed by atoms with Gasteiger partial charge >= 0.3 is 0 Å². The van der Waals surface area contributed by atoms with Gasteiger partial charge in [-0.3, -0.25) is 0 Å². The molecule has 108 valence electrons. The zero-order valence-electron chi connectivity index (χ0n) is 10.00. The second kappa shape index (κ2) is 6.57. The number of hydrogen-bond donors (Lipinski definition) is 2. The molecule has 0 aliphatic heterocycles. The highest BCUT2D eigenvalue weighted by molar-refractivity contribution is 7.89. The fraction of sp³-hybridized carbons (Fsp3) is 0.500. The molecule has 0 amide bonds. The van der Waals surface area contributed by atoms with Crippen LogP contribution >= 0.6 is 11.6 Å². The first kappa shape index (κ1) is 16.2. The van der Waals surface area contributed by atoms with Gasteiger partial charge in [-0.2, -0.15) is 0 Å². The molecule has 0 aliphatic carbocycles. The molecule has 1 rings (SSSR count). The van der Waals surface area contributed by atoms with Gasteiger partial charge in [-0.1, -0.05) is 0 Å². The first-order valence-electron chi connectivity index (χ1n) is 5.12. The molecule has 0 bridgehead atoms. The van der Waals surface area contributed by atoms with E-state index in [0.29, 0.717) is 6.42 Å². The van der Waals surface area contributed by atoms with Crippen molar-refractivity contribution in [3.05, 3.63) is 17.7 Å². The lowest BCUT2D eigenvalue weighted by Gasteiger charge is -2.06. The number of sulfonamides is 2. The Bertz CT molecular complexity index is 615. The molecule has 1 aromatic heterocycles. The summed E-state index contributed by atoms with van der Waals surface area (Å²) in [5, 5.41) is -0.0451. The van der Waals surface area contributed by atoms with Crippen LogP contribution in [0.2, 0.25) is 5.28 Å². The van der Waals surface area contributed by atoms with Crippen molar-refractivity contribution in [1.82, 2.24) is 19.4 Å². The van der Waals surface area contributed by atoms with Crippen molar-refractivity contribution < 1.29 is 16.8 Å². The summed E-state index contributed by atoms with van der Waals surface area (Å²) >= 11 is 5.45. The van der Waals surface area contributed by atoms with Crippen LogP contribution in [0.15, 0.2) is 17.3 Å². The van der Waals surface area contributed by atoms with Crippen LogP contribution < -0.4 is 9.44 Å². The van der Waals surface area contributed by atoms with Crippen molar-refractivity contribution in [2.45, 2.75) is 11.3 Å². The highest BCUT2D eigenvalue weighted by Gasteiger charge is 2.14. The van der Waals surface area contributed by atoms with Crippen LogP contribution in [0.1, 0.15) is 6.42 Å². The molecule has 0 aromatic carbocycles. The Balaban J connectivity index is 2.46. The van der Waals surface area contributed by atoms with Crippen LogP contribution in [0.25, 0.3) is 0 Å². The predicted molar refractivity (Wildman–Crippen MR) is 69.7 cm³/mol. The van der Waals surface area contributed by atoms with Gasteiger partial charge in [0.05, 0.1) is 18.6 Å². The molecule has 1 heterocycles. The van der Waals surface area contributed by atoms with E-state index in [1.165, 1.54) is 0 Å². The Morgan fingerprint density at radius 3 is 2.16 bits per heavy atom. The van der Waals surface area contributed by atoms with E-state index in [0.717, 1.165) is 18.6 Å². The van der Waals surface area contributed by atoms with E-state index in [1.54, 1.807) is 0 Å². The first-order chi connectivity index (χ1) is 8.71. The lowest BCUT2D eigenvalue weighted by atomic mass is 10.4. The Morgan fingerprint density at radius 1 is 1.11 bits per heavy atom. The van der Waals surface area contributed by atoms with Crippen LogP contribution in [0.3, 0.4) is 0 Å². The highest BCUT2D eigenvalue weighted by Crippen LogP contribution is 2.07. The predicted octanol–water partition coefficient (Wildman–Crippen LogP) is -0.652. The largest absolute Gasteiger partial charge is 0.243 e. The number of aromatic nitrogens is 2. The summed E-state index contributed by atoms with van der Waals surface area (Å²) < 4.78 is 49.5. The summed E-state index contributed by atoms with van der Waals surface area (Å²) in [6, 6.07) is 0. The van der Waals surface area contributed by atoms with Gasteiger partial charge in [-0.25, -0.2) is 36.2 Å². The third kappa shape index (κ3) is 6.25. The molecule has 19 heavy (non-hydrogen) atoms. The summed E-state index contributed by atoms with van der Waals surface area (Å²) in [4.78, 5) is 7.03. The van der Waals surface area contributed by atoms with Crippen molar-refractivity contribution in [3.8, 4) is 0 Å². The Hall–Kier alpha value is -0.810. The standard InChI is InChI=1S/C8H13ClN4O4S2/c1-18(14,15)12-3-2-4-13-19(16,17)7-5-10-8(9)11-6-7/h5-6,12-13H,2-4H2,1H3. The minimum absolute atomic E-state index is 0.0451. The van der Waals surface area contributed by atoms with Crippen LogP contribution in [-0.4, -0.2) is 46.1 Å². The molecule has 0 spiro atoms. The Labute approximate surface area is 116 Å². The van der Waals surface area contributed by atoms with Gasteiger partial charge in [0.1, 0.15) is 4.90 Å². The average molecular weight is 329 g/mol. The Kier molecular flexibility index (Phi) is 5.62. The summed E-state index contributed by atoms with van der Waals surface area (Å²) in [5.74, 6) is 0. The topological polar surface area (TPSA) is 118 Å². The molecule has 0 unspecified atom stereocenters. The summed E-state index contributed by atoms with van der Waals surface area (Å²) in [6.07, 6.45) is 3.53. The SMILES string of the molecule is CS(=O)(=O)NCCCNS(=O)(=O)c1cnc(Cl)nc1. The first-order valence-corrected chi connectivity index (χ1v) is 8.88.